The van der Waals surface area contributed by atoms with Crippen molar-refractivity contribution in [2.24, 2.45) is 13.0 Å². The van der Waals surface area contributed by atoms with E-state index in [9.17, 15) is 13.8 Å². The summed E-state index contributed by atoms with van der Waals surface area (Å²) in [6.45, 7) is 2.04. The molecule has 1 aromatic heterocycles. The zero-order valence-corrected chi connectivity index (χ0v) is 23.6. The van der Waals surface area contributed by atoms with E-state index in [2.05, 4.69) is 5.10 Å². The normalized spacial score (nSPS) is 20.1. The molecule has 0 radical (unpaired) electrons. The summed E-state index contributed by atoms with van der Waals surface area (Å²) in [6.07, 6.45) is 11.1. The number of aryl methyl sites for hydroxylation is 2. The van der Waals surface area contributed by atoms with Crippen molar-refractivity contribution in [2.45, 2.75) is 57.3 Å². The van der Waals surface area contributed by atoms with Gasteiger partial charge in [-0.25, -0.2) is 0 Å². The minimum Gasteiger partial charge on any atom is -0.497 e. The fourth-order valence-electron chi connectivity index (χ4n) is 4.87. The van der Waals surface area contributed by atoms with Crippen molar-refractivity contribution in [3.63, 3.8) is 0 Å². The molecule has 2 aromatic carbocycles. The smallest absolute Gasteiger partial charge is 0.240 e. The van der Waals surface area contributed by atoms with Crippen molar-refractivity contribution >= 4 is 7.37 Å². The second kappa shape index (κ2) is 12.9. The SMILES string of the molecule is C1CC1.COc1ccc(-c2cn(C)nc2F)c(C2CCC(COc3cccc(CCP(C)(=O)O)c3)CC2)c1. The van der Waals surface area contributed by atoms with Crippen LogP contribution in [-0.4, -0.2) is 41.2 Å². The van der Waals surface area contributed by atoms with E-state index in [-0.39, 0.29) is 6.16 Å². The highest BCUT2D eigenvalue weighted by molar-refractivity contribution is 7.57. The quantitative estimate of drug-likeness (QED) is 0.290. The number of ether oxygens (including phenoxy) is 2. The van der Waals surface area contributed by atoms with Gasteiger partial charge in [-0.1, -0.05) is 37.5 Å². The van der Waals surface area contributed by atoms with Gasteiger partial charge < -0.3 is 14.4 Å². The van der Waals surface area contributed by atoms with E-state index in [1.54, 1.807) is 20.4 Å². The number of benzene rings is 2. The number of hydrogen-bond donors (Lipinski definition) is 1. The molecular weight excluding hydrogens is 502 g/mol. The predicted molar refractivity (Wildman–Crippen MR) is 150 cm³/mol. The van der Waals surface area contributed by atoms with Crippen molar-refractivity contribution in [3.8, 4) is 22.6 Å². The lowest BCUT2D eigenvalue weighted by Gasteiger charge is -2.30. The Hall–Kier alpha value is -2.63. The molecule has 6 nitrogen and oxygen atoms in total. The molecule has 38 heavy (non-hydrogen) atoms. The summed E-state index contributed by atoms with van der Waals surface area (Å²) >= 11 is 0. The van der Waals surface area contributed by atoms with Gasteiger partial charge in [0, 0.05) is 26.1 Å². The fraction of sp³-hybridized carbons (Fsp3) is 0.500. The lowest BCUT2D eigenvalue weighted by Crippen LogP contribution is -2.19. The lowest BCUT2D eigenvalue weighted by atomic mass is 9.77. The molecule has 1 unspecified atom stereocenters. The van der Waals surface area contributed by atoms with Gasteiger partial charge in [0.15, 0.2) is 7.37 Å². The first-order valence-corrected chi connectivity index (χ1v) is 15.9. The summed E-state index contributed by atoms with van der Waals surface area (Å²) in [5.74, 6) is 1.90. The number of hydrogen-bond acceptors (Lipinski definition) is 4. The highest BCUT2D eigenvalue weighted by atomic mass is 31.2. The average molecular weight is 543 g/mol. The molecule has 1 atom stereocenters. The van der Waals surface area contributed by atoms with Crippen molar-refractivity contribution in [1.29, 1.82) is 0 Å². The molecule has 0 bridgehead atoms. The van der Waals surface area contributed by atoms with Crippen LogP contribution < -0.4 is 9.47 Å². The molecular formula is C30H40FN2O4P. The van der Waals surface area contributed by atoms with Crippen LogP contribution in [0.3, 0.4) is 0 Å². The molecule has 206 valence electrons. The maximum absolute atomic E-state index is 14.5. The van der Waals surface area contributed by atoms with E-state index in [0.717, 1.165) is 53.9 Å². The number of nitrogens with zero attached hydrogens (tertiary/aromatic N) is 2. The molecule has 8 heteroatoms. The Bertz CT molecular complexity index is 1240. The van der Waals surface area contributed by atoms with Gasteiger partial charge in [0.1, 0.15) is 11.5 Å². The highest BCUT2D eigenvalue weighted by Crippen LogP contribution is 2.42. The molecule has 0 spiro atoms. The average Bonchev–Trinajstić information content (AvgIpc) is 3.75. The standard InChI is InChI=1S/C27H34FN2O4P.C3H6/c1-30-17-26(27(28)29-30)24-12-11-22(33-2)16-25(24)21-9-7-20(8-10-21)18-34-23-6-4-5-19(15-23)13-14-35(3,31)32;1-2-3-1/h4-6,11-12,15-17,20-21H,7-10,13-14,18H2,1-3H3,(H,31,32);1-3H2. The van der Waals surface area contributed by atoms with Crippen LogP contribution in [0.15, 0.2) is 48.7 Å². The third-order valence-corrected chi connectivity index (χ3v) is 8.23. The summed E-state index contributed by atoms with van der Waals surface area (Å²) in [4.78, 5) is 9.55. The molecule has 2 fully saturated rings. The molecule has 1 heterocycles. The van der Waals surface area contributed by atoms with E-state index in [0.29, 0.717) is 30.4 Å². The summed E-state index contributed by atoms with van der Waals surface area (Å²) in [7, 11) is 0.358. The van der Waals surface area contributed by atoms with Gasteiger partial charge in [0.05, 0.1) is 19.3 Å². The Balaban J connectivity index is 0.00000105. The van der Waals surface area contributed by atoms with Crippen molar-refractivity contribution < 1.29 is 23.3 Å². The van der Waals surface area contributed by atoms with Crippen LogP contribution in [0.4, 0.5) is 4.39 Å². The minimum atomic E-state index is -3.02. The van der Waals surface area contributed by atoms with Crippen molar-refractivity contribution in [3.05, 3.63) is 65.7 Å². The minimum absolute atomic E-state index is 0.273. The van der Waals surface area contributed by atoms with E-state index in [4.69, 9.17) is 9.47 Å². The molecule has 0 aliphatic heterocycles. The Morgan fingerprint density at radius 1 is 1.05 bits per heavy atom. The molecule has 0 saturated heterocycles. The van der Waals surface area contributed by atoms with Crippen LogP contribution in [0.1, 0.15) is 62.0 Å². The van der Waals surface area contributed by atoms with Gasteiger partial charge in [0.25, 0.3) is 0 Å². The summed E-state index contributed by atoms with van der Waals surface area (Å²) in [5, 5.41) is 3.89. The molecule has 2 saturated carbocycles. The second-order valence-corrected chi connectivity index (χ2v) is 13.3. The van der Waals surface area contributed by atoms with Crippen LogP contribution in [-0.2, 0) is 18.0 Å². The molecule has 2 aliphatic carbocycles. The van der Waals surface area contributed by atoms with Gasteiger partial charge in [-0.2, -0.15) is 4.39 Å². The number of rotatable bonds is 9. The topological polar surface area (TPSA) is 73.6 Å². The zero-order valence-electron chi connectivity index (χ0n) is 22.7. The fourth-order valence-corrected chi connectivity index (χ4v) is 5.55. The first-order chi connectivity index (χ1) is 18.2. The Labute approximate surface area is 225 Å². The summed E-state index contributed by atoms with van der Waals surface area (Å²) in [6, 6.07) is 13.6. The Morgan fingerprint density at radius 3 is 2.39 bits per heavy atom. The number of halogens is 1. The predicted octanol–water partition coefficient (Wildman–Crippen LogP) is 7.20. The van der Waals surface area contributed by atoms with E-state index >= 15 is 0 Å². The van der Waals surface area contributed by atoms with Crippen LogP contribution in [0.2, 0.25) is 0 Å². The largest absolute Gasteiger partial charge is 0.497 e. The van der Waals surface area contributed by atoms with Crippen LogP contribution in [0.25, 0.3) is 11.1 Å². The molecule has 2 aliphatic rings. The van der Waals surface area contributed by atoms with E-state index < -0.39 is 13.3 Å². The van der Waals surface area contributed by atoms with Gasteiger partial charge in [-0.3, -0.25) is 9.25 Å². The summed E-state index contributed by atoms with van der Waals surface area (Å²) in [5.41, 5.74) is 3.53. The van der Waals surface area contributed by atoms with Crippen LogP contribution >= 0.6 is 7.37 Å². The first-order valence-electron chi connectivity index (χ1n) is 13.6. The number of methoxy groups -OCH3 is 1. The van der Waals surface area contributed by atoms with Crippen LogP contribution in [0, 0.1) is 11.9 Å². The second-order valence-electron chi connectivity index (χ2n) is 10.7. The van der Waals surface area contributed by atoms with E-state index in [1.807, 2.05) is 42.5 Å². The molecule has 3 aromatic rings. The van der Waals surface area contributed by atoms with E-state index in [1.165, 1.54) is 30.6 Å². The number of aromatic nitrogens is 2. The van der Waals surface area contributed by atoms with Crippen molar-refractivity contribution in [2.75, 3.05) is 26.5 Å². The highest BCUT2D eigenvalue weighted by Gasteiger charge is 2.26. The van der Waals surface area contributed by atoms with Crippen molar-refractivity contribution in [1.82, 2.24) is 9.78 Å². The summed E-state index contributed by atoms with van der Waals surface area (Å²) < 4.78 is 39.1. The monoisotopic (exact) mass is 542 g/mol. The first kappa shape index (κ1) is 28.4. The lowest BCUT2D eigenvalue weighted by molar-refractivity contribution is 0.200. The molecule has 1 N–H and O–H groups in total. The zero-order chi connectivity index (χ0) is 27.1. The third-order valence-electron chi connectivity index (χ3n) is 7.17. The van der Waals surface area contributed by atoms with Gasteiger partial charge in [-0.05, 0) is 84.9 Å². The Kier molecular flexibility index (Phi) is 9.67. The Morgan fingerprint density at radius 2 is 1.79 bits per heavy atom. The molecule has 0 amide bonds. The van der Waals surface area contributed by atoms with Gasteiger partial charge >= 0.3 is 0 Å². The maximum atomic E-state index is 14.5. The van der Waals surface area contributed by atoms with Crippen LogP contribution in [0.5, 0.6) is 11.5 Å². The van der Waals surface area contributed by atoms with Gasteiger partial charge in [-0.15, -0.1) is 5.10 Å². The maximum Gasteiger partial charge on any atom is 0.240 e. The van der Waals surface area contributed by atoms with Gasteiger partial charge in [0.2, 0.25) is 5.95 Å². The molecule has 5 rings (SSSR count). The third kappa shape index (κ3) is 8.44.